The Labute approximate surface area is 174 Å². The number of halogens is 3. The number of aromatic nitrogens is 4. The molecule has 1 aliphatic heterocycles. The average molecular weight is 432 g/mol. The molecule has 1 aromatic carbocycles. The number of nitrogens with zero attached hydrogens (tertiary/aromatic N) is 4. The first kappa shape index (κ1) is 19.6. The highest BCUT2D eigenvalue weighted by atomic mass is 19.4. The minimum Gasteiger partial charge on any atom is -0.464 e. The van der Waals surface area contributed by atoms with Crippen molar-refractivity contribution in [3.05, 3.63) is 36.2 Å². The molecule has 2 fully saturated rings. The molecule has 2 aromatic heterocycles. The van der Waals surface area contributed by atoms with Crippen molar-refractivity contribution < 1.29 is 22.7 Å². The third kappa shape index (κ3) is 3.43. The van der Waals surface area contributed by atoms with E-state index in [1.807, 2.05) is 6.07 Å². The molecule has 2 aliphatic rings. The summed E-state index contributed by atoms with van der Waals surface area (Å²) in [5.74, 6) is -0.558. The molecule has 3 aromatic rings. The molecule has 0 bridgehead atoms. The zero-order valence-corrected chi connectivity index (χ0v) is 16.5. The van der Waals surface area contributed by atoms with Gasteiger partial charge < -0.3 is 15.4 Å². The normalized spacial score (nSPS) is 21.4. The first-order chi connectivity index (χ1) is 14.8. The predicted molar refractivity (Wildman–Crippen MR) is 106 cm³/mol. The van der Waals surface area contributed by atoms with Gasteiger partial charge in [-0.15, -0.1) is 0 Å². The van der Waals surface area contributed by atoms with Crippen LogP contribution in [0.15, 0.2) is 30.6 Å². The van der Waals surface area contributed by atoms with Gasteiger partial charge in [0.25, 0.3) is 0 Å². The monoisotopic (exact) mass is 432 g/mol. The number of hydrogen-bond donors (Lipinski definition) is 2. The van der Waals surface area contributed by atoms with Gasteiger partial charge in [0.05, 0.1) is 24.0 Å². The molecule has 31 heavy (non-hydrogen) atoms. The van der Waals surface area contributed by atoms with Crippen LogP contribution in [0.3, 0.4) is 0 Å². The Morgan fingerprint density at radius 3 is 2.74 bits per heavy atom. The number of esters is 1. The van der Waals surface area contributed by atoms with E-state index < -0.39 is 17.3 Å². The quantitative estimate of drug-likeness (QED) is 0.592. The van der Waals surface area contributed by atoms with Crippen molar-refractivity contribution in [3.8, 4) is 0 Å². The van der Waals surface area contributed by atoms with E-state index >= 15 is 0 Å². The van der Waals surface area contributed by atoms with Gasteiger partial charge in [0, 0.05) is 24.0 Å². The number of nitrogens with one attached hydrogen (secondary N) is 2. The van der Waals surface area contributed by atoms with Crippen molar-refractivity contribution in [1.82, 2.24) is 19.7 Å². The molecule has 1 saturated carbocycles. The van der Waals surface area contributed by atoms with Gasteiger partial charge in [0.2, 0.25) is 5.95 Å². The molecular weight excluding hydrogens is 413 g/mol. The molecule has 1 atom stereocenters. The van der Waals surface area contributed by atoms with E-state index in [0.29, 0.717) is 29.6 Å². The van der Waals surface area contributed by atoms with Gasteiger partial charge >= 0.3 is 12.1 Å². The minimum absolute atomic E-state index is 0.00238. The molecule has 8 nitrogen and oxygen atoms in total. The van der Waals surface area contributed by atoms with E-state index in [1.165, 1.54) is 0 Å². The van der Waals surface area contributed by atoms with Gasteiger partial charge in [-0.25, -0.2) is 14.5 Å². The van der Waals surface area contributed by atoms with Crippen LogP contribution < -0.4 is 10.6 Å². The number of rotatable bonds is 5. The molecule has 0 radical (unpaired) electrons. The summed E-state index contributed by atoms with van der Waals surface area (Å²) >= 11 is 0. The number of cyclic esters (lactones) is 1. The first-order valence-electron chi connectivity index (χ1n) is 9.88. The number of carbonyl (C=O) groups excluding carboxylic acids is 1. The smallest absolute Gasteiger partial charge is 0.421 e. The maximum atomic E-state index is 13.3. The topological polar surface area (TPSA) is 94.0 Å². The van der Waals surface area contributed by atoms with Gasteiger partial charge in [0.1, 0.15) is 11.4 Å². The zero-order valence-electron chi connectivity index (χ0n) is 16.5. The van der Waals surface area contributed by atoms with E-state index in [1.54, 1.807) is 29.9 Å². The third-order valence-electron chi connectivity index (χ3n) is 5.60. The van der Waals surface area contributed by atoms with Crippen LogP contribution in [0.4, 0.5) is 30.6 Å². The van der Waals surface area contributed by atoms with Crippen molar-refractivity contribution in [3.63, 3.8) is 0 Å². The minimum atomic E-state index is -4.55. The highest BCUT2D eigenvalue weighted by Crippen LogP contribution is 2.37. The Bertz CT molecular complexity index is 1170. The van der Waals surface area contributed by atoms with Crippen LogP contribution in [0, 0.1) is 0 Å². The fourth-order valence-corrected chi connectivity index (χ4v) is 3.65. The number of anilines is 3. The van der Waals surface area contributed by atoms with Gasteiger partial charge in [-0.3, -0.25) is 0 Å². The fraction of sp³-hybridized carbons (Fsp3) is 0.400. The van der Waals surface area contributed by atoms with Gasteiger partial charge in [0.15, 0.2) is 5.54 Å². The van der Waals surface area contributed by atoms with E-state index in [4.69, 9.17) is 4.74 Å². The molecule has 2 N–H and O–H groups in total. The molecule has 0 spiro atoms. The number of alkyl halides is 3. The van der Waals surface area contributed by atoms with Crippen LogP contribution in [0.25, 0.3) is 10.9 Å². The van der Waals surface area contributed by atoms with E-state index in [9.17, 15) is 18.0 Å². The van der Waals surface area contributed by atoms with Crippen molar-refractivity contribution in [2.75, 3.05) is 17.2 Å². The van der Waals surface area contributed by atoms with Crippen molar-refractivity contribution in [1.29, 1.82) is 0 Å². The summed E-state index contributed by atoms with van der Waals surface area (Å²) in [4.78, 5) is 20.2. The van der Waals surface area contributed by atoms with E-state index in [2.05, 4.69) is 25.7 Å². The summed E-state index contributed by atoms with van der Waals surface area (Å²) in [6.45, 7) is 2.09. The maximum Gasteiger partial charge on any atom is 0.421 e. The molecule has 1 unspecified atom stereocenters. The largest absolute Gasteiger partial charge is 0.464 e. The Morgan fingerprint density at radius 1 is 1.26 bits per heavy atom. The standard InChI is InChI=1S/C20H19F3N6O2/c1-19(7-8-31-17(19)30)29-15-4-2-3-14(12(15)9-25-29)27-18-24-10-13(20(21,22)23)16(28-18)26-11-5-6-11/h2-4,9-11H,5-8H2,1H3,(H2,24,26,27,28). The average Bonchev–Trinajstić information content (AvgIpc) is 3.30. The first-order valence-corrected chi connectivity index (χ1v) is 9.88. The summed E-state index contributed by atoms with van der Waals surface area (Å²) < 4.78 is 46.7. The molecule has 1 aliphatic carbocycles. The summed E-state index contributed by atoms with van der Waals surface area (Å²) in [6, 6.07) is 5.33. The number of carbonyl (C=O) groups is 1. The predicted octanol–water partition coefficient (Wildman–Crippen LogP) is 3.83. The SMILES string of the molecule is CC1(n2ncc3c(Nc4ncc(C(F)(F)F)c(NC5CC5)n4)cccc32)CCOC1=O. The highest BCUT2D eigenvalue weighted by molar-refractivity contribution is 5.94. The zero-order chi connectivity index (χ0) is 21.8. The molecule has 1 saturated heterocycles. The molecule has 3 heterocycles. The van der Waals surface area contributed by atoms with Crippen LogP contribution in [-0.2, 0) is 21.2 Å². The van der Waals surface area contributed by atoms with E-state index in [0.717, 1.165) is 19.0 Å². The molecule has 11 heteroatoms. The summed E-state index contributed by atoms with van der Waals surface area (Å²) in [7, 11) is 0. The lowest BCUT2D eigenvalue weighted by Gasteiger charge is -2.20. The van der Waals surface area contributed by atoms with Crippen molar-refractivity contribution in [2.45, 2.75) is 43.9 Å². The Balaban J connectivity index is 1.50. The number of benzene rings is 1. The molecule has 162 valence electrons. The van der Waals surface area contributed by atoms with Crippen LogP contribution >= 0.6 is 0 Å². The Kier molecular flexibility index (Phi) is 4.31. The second kappa shape index (κ2) is 6.82. The molecule has 5 rings (SSSR count). The second-order valence-corrected chi connectivity index (χ2v) is 7.95. The number of hydrogen-bond acceptors (Lipinski definition) is 7. The lowest BCUT2D eigenvalue weighted by molar-refractivity contribution is -0.145. The summed E-state index contributed by atoms with van der Waals surface area (Å²) in [5, 5.41) is 10.9. The lowest BCUT2D eigenvalue weighted by Crippen LogP contribution is -2.35. The number of fused-ring (bicyclic) bond motifs is 1. The molecular formula is C20H19F3N6O2. The highest BCUT2D eigenvalue weighted by Gasteiger charge is 2.43. The van der Waals surface area contributed by atoms with Crippen molar-refractivity contribution >= 4 is 34.3 Å². The summed E-state index contributed by atoms with van der Waals surface area (Å²) in [5.41, 5.74) is -0.555. The lowest BCUT2D eigenvalue weighted by atomic mass is 10.0. The van der Waals surface area contributed by atoms with Gasteiger partial charge in [-0.05, 0) is 31.9 Å². The van der Waals surface area contributed by atoms with Crippen LogP contribution in [0.2, 0.25) is 0 Å². The fourth-order valence-electron chi connectivity index (χ4n) is 3.65. The molecule has 0 amide bonds. The Morgan fingerprint density at radius 2 is 2.06 bits per heavy atom. The van der Waals surface area contributed by atoms with Gasteiger partial charge in [-0.1, -0.05) is 6.07 Å². The van der Waals surface area contributed by atoms with Crippen molar-refractivity contribution in [2.24, 2.45) is 0 Å². The van der Waals surface area contributed by atoms with Crippen LogP contribution in [0.5, 0.6) is 0 Å². The van der Waals surface area contributed by atoms with Gasteiger partial charge in [-0.2, -0.15) is 23.3 Å². The Hall–Kier alpha value is -3.37. The van der Waals surface area contributed by atoms with Crippen LogP contribution in [-0.4, -0.2) is 38.4 Å². The number of ether oxygens (including phenoxy) is 1. The third-order valence-corrected chi connectivity index (χ3v) is 5.60. The second-order valence-electron chi connectivity index (χ2n) is 7.95. The van der Waals surface area contributed by atoms with E-state index in [-0.39, 0.29) is 23.8 Å². The maximum absolute atomic E-state index is 13.3. The summed E-state index contributed by atoms with van der Waals surface area (Å²) in [6.07, 6.45) is -0.0601. The van der Waals surface area contributed by atoms with Crippen LogP contribution in [0.1, 0.15) is 31.7 Å².